The molecule has 2 N–H and O–H groups in total. The van der Waals surface area contributed by atoms with Crippen molar-refractivity contribution in [3.8, 4) is 5.75 Å². The molecule has 1 saturated carbocycles. The Kier molecular flexibility index (Phi) is 4.75. The quantitative estimate of drug-likeness (QED) is 0.858. The number of carbonyl (C=O) groups is 1. The van der Waals surface area contributed by atoms with Crippen LogP contribution in [0.25, 0.3) is 0 Å². The summed E-state index contributed by atoms with van der Waals surface area (Å²) in [7, 11) is -2.42. The third-order valence-electron chi connectivity index (χ3n) is 3.52. The van der Waals surface area contributed by atoms with Crippen molar-refractivity contribution < 1.29 is 23.1 Å². The average Bonchev–Trinajstić information content (AvgIpc) is 2.86. The molecular formula is C13H16ClNO5S. The predicted octanol–water partition coefficient (Wildman–Crippen LogP) is 1.88. The summed E-state index contributed by atoms with van der Waals surface area (Å²) in [6.45, 7) is 0. The van der Waals surface area contributed by atoms with Crippen LogP contribution in [0, 0.1) is 5.92 Å². The summed E-state index contributed by atoms with van der Waals surface area (Å²) in [5.74, 6) is -1.23. The first-order valence-electron chi connectivity index (χ1n) is 6.42. The summed E-state index contributed by atoms with van der Waals surface area (Å²) >= 11 is 5.81. The fraction of sp³-hybridized carbons (Fsp3) is 0.462. The molecule has 0 aromatic heterocycles. The summed E-state index contributed by atoms with van der Waals surface area (Å²) in [6.07, 6.45) is 1.27. The van der Waals surface area contributed by atoms with Gasteiger partial charge in [0.05, 0.1) is 13.0 Å². The summed E-state index contributed by atoms with van der Waals surface area (Å²) in [5, 5.41) is 9.32. The molecule has 0 radical (unpaired) electrons. The lowest BCUT2D eigenvalue weighted by Crippen LogP contribution is -2.33. The van der Waals surface area contributed by atoms with E-state index in [1.54, 1.807) is 0 Å². The van der Waals surface area contributed by atoms with Gasteiger partial charge in [-0.1, -0.05) is 11.6 Å². The zero-order chi connectivity index (χ0) is 15.6. The van der Waals surface area contributed by atoms with E-state index in [0.29, 0.717) is 24.3 Å². The minimum atomic E-state index is -3.78. The third kappa shape index (κ3) is 3.66. The van der Waals surface area contributed by atoms with Crippen LogP contribution in [0.3, 0.4) is 0 Å². The number of benzene rings is 1. The maximum absolute atomic E-state index is 12.4. The molecule has 1 aromatic carbocycles. The third-order valence-corrected chi connectivity index (χ3v) is 5.31. The number of methoxy groups -OCH3 is 1. The highest BCUT2D eigenvalue weighted by atomic mass is 35.5. The van der Waals surface area contributed by atoms with Crippen LogP contribution in [0.2, 0.25) is 5.02 Å². The van der Waals surface area contributed by atoms with Crippen LogP contribution >= 0.6 is 11.6 Å². The van der Waals surface area contributed by atoms with E-state index in [2.05, 4.69) is 4.72 Å². The fourth-order valence-electron chi connectivity index (χ4n) is 2.46. The molecule has 1 fully saturated rings. The van der Waals surface area contributed by atoms with Crippen LogP contribution < -0.4 is 9.46 Å². The van der Waals surface area contributed by atoms with Crippen molar-refractivity contribution >= 4 is 27.6 Å². The molecule has 0 aliphatic heterocycles. The minimum absolute atomic E-state index is 0.00632. The Morgan fingerprint density at radius 3 is 2.71 bits per heavy atom. The summed E-state index contributed by atoms with van der Waals surface area (Å²) < 4.78 is 32.3. The molecule has 6 nitrogen and oxygen atoms in total. The van der Waals surface area contributed by atoms with E-state index in [0.717, 1.165) is 0 Å². The Balaban J connectivity index is 2.18. The van der Waals surface area contributed by atoms with Gasteiger partial charge in [0, 0.05) is 17.1 Å². The zero-order valence-corrected chi connectivity index (χ0v) is 12.9. The average molecular weight is 334 g/mol. The van der Waals surface area contributed by atoms with Crippen LogP contribution in [0.5, 0.6) is 5.75 Å². The second kappa shape index (κ2) is 6.21. The molecule has 0 amide bonds. The first kappa shape index (κ1) is 16.1. The Morgan fingerprint density at radius 1 is 1.43 bits per heavy atom. The van der Waals surface area contributed by atoms with Crippen molar-refractivity contribution in [3.63, 3.8) is 0 Å². The van der Waals surface area contributed by atoms with Crippen LogP contribution in [0.1, 0.15) is 19.3 Å². The van der Waals surface area contributed by atoms with Crippen molar-refractivity contribution in [2.24, 2.45) is 5.92 Å². The molecule has 0 spiro atoms. The van der Waals surface area contributed by atoms with E-state index in [1.165, 1.54) is 25.3 Å². The van der Waals surface area contributed by atoms with Gasteiger partial charge in [0.1, 0.15) is 10.6 Å². The molecule has 2 rings (SSSR count). The number of rotatable bonds is 5. The van der Waals surface area contributed by atoms with Crippen molar-refractivity contribution in [3.05, 3.63) is 23.2 Å². The summed E-state index contributed by atoms with van der Waals surface area (Å²) in [4.78, 5) is 10.9. The molecule has 1 aliphatic carbocycles. The van der Waals surface area contributed by atoms with E-state index in [-0.39, 0.29) is 16.7 Å². The van der Waals surface area contributed by atoms with Crippen LogP contribution in [0.4, 0.5) is 0 Å². The second-order valence-electron chi connectivity index (χ2n) is 4.96. The molecule has 21 heavy (non-hydrogen) atoms. The normalized spacial score (nSPS) is 22.2. The molecule has 0 saturated heterocycles. The van der Waals surface area contributed by atoms with Gasteiger partial charge in [0.2, 0.25) is 10.0 Å². The molecular weight excluding hydrogens is 318 g/mol. The van der Waals surface area contributed by atoms with E-state index in [4.69, 9.17) is 21.4 Å². The maximum atomic E-state index is 12.4. The molecule has 8 heteroatoms. The van der Waals surface area contributed by atoms with Gasteiger partial charge in [-0.15, -0.1) is 0 Å². The van der Waals surface area contributed by atoms with Gasteiger partial charge in [-0.3, -0.25) is 4.79 Å². The number of nitrogens with one attached hydrogen (secondary N) is 1. The van der Waals surface area contributed by atoms with Crippen molar-refractivity contribution in [2.75, 3.05) is 7.11 Å². The van der Waals surface area contributed by atoms with Gasteiger partial charge < -0.3 is 9.84 Å². The van der Waals surface area contributed by atoms with E-state index in [9.17, 15) is 13.2 Å². The number of carboxylic acid groups (broad SMARTS) is 1. The van der Waals surface area contributed by atoms with Crippen molar-refractivity contribution in [2.45, 2.75) is 30.2 Å². The molecule has 2 atom stereocenters. The number of ether oxygens (including phenoxy) is 1. The second-order valence-corrected chi connectivity index (χ2v) is 7.08. The zero-order valence-electron chi connectivity index (χ0n) is 11.4. The van der Waals surface area contributed by atoms with Gasteiger partial charge in [-0.25, -0.2) is 13.1 Å². The lowest BCUT2D eigenvalue weighted by Gasteiger charge is -2.15. The summed E-state index contributed by atoms with van der Waals surface area (Å²) in [6, 6.07) is 3.88. The van der Waals surface area contributed by atoms with E-state index >= 15 is 0 Å². The highest BCUT2D eigenvalue weighted by Gasteiger charge is 2.33. The Bertz CT molecular complexity index is 646. The topological polar surface area (TPSA) is 92.7 Å². The highest BCUT2D eigenvalue weighted by molar-refractivity contribution is 7.89. The predicted molar refractivity (Wildman–Crippen MR) is 77.1 cm³/mol. The minimum Gasteiger partial charge on any atom is -0.495 e. The van der Waals surface area contributed by atoms with Crippen LogP contribution in [0.15, 0.2) is 23.1 Å². The lowest BCUT2D eigenvalue weighted by molar-refractivity contribution is -0.141. The van der Waals surface area contributed by atoms with Gasteiger partial charge >= 0.3 is 5.97 Å². The largest absolute Gasteiger partial charge is 0.495 e. The maximum Gasteiger partial charge on any atom is 0.306 e. The fourth-order valence-corrected chi connectivity index (χ4v) is 4.06. The van der Waals surface area contributed by atoms with Crippen LogP contribution in [-0.4, -0.2) is 32.6 Å². The number of sulfonamides is 1. The lowest BCUT2D eigenvalue weighted by atomic mass is 10.1. The van der Waals surface area contributed by atoms with E-state index < -0.39 is 21.9 Å². The molecule has 1 aliphatic rings. The van der Waals surface area contributed by atoms with E-state index in [1.807, 2.05) is 0 Å². The van der Waals surface area contributed by atoms with Crippen molar-refractivity contribution in [1.29, 1.82) is 0 Å². The molecule has 0 heterocycles. The first-order valence-corrected chi connectivity index (χ1v) is 8.28. The van der Waals surface area contributed by atoms with Crippen LogP contribution in [-0.2, 0) is 14.8 Å². The highest BCUT2D eigenvalue weighted by Crippen LogP contribution is 2.30. The first-order chi connectivity index (χ1) is 9.83. The standard InChI is InChI=1S/C13H16ClNO5S/c1-20-11-7-9(14)3-5-12(11)21(18,19)15-10-4-2-8(6-10)13(16)17/h3,5,7-8,10,15H,2,4,6H2,1H3,(H,16,17)/t8-,10+/m0/s1. The molecule has 1 aromatic rings. The van der Waals surface area contributed by atoms with Crippen molar-refractivity contribution in [1.82, 2.24) is 4.72 Å². The number of hydrogen-bond acceptors (Lipinski definition) is 4. The monoisotopic (exact) mass is 333 g/mol. The number of halogens is 1. The summed E-state index contributed by atoms with van der Waals surface area (Å²) in [5.41, 5.74) is 0. The van der Waals surface area contributed by atoms with Gasteiger partial charge in [0.25, 0.3) is 0 Å². The molecule has 0 bridgehead atoms. The number of aliphatic carboxylic acids is 1. The SMILES string of the molecule is COc1cc(Cl)ccc1S(=O)(=O)N[C@@H]1CC[C@H](C(=O)O)C1. The Morgan fingerprint density at radius 2 is 2.14 bits per heavy atom. The molecule has 0 unspecified atom stereocenters. The number of hydrogen-bond donors (Lipinski definition) is 2. The smallest absolute Gasteiger partial charge is 0.306 e. The van der Waals surface area contributed by atoms with Gasteiger partial charge in [0.15, 0.2) is 0 Å². The molecule has 116 valence electrons. The van der Waals surface area contributed by atoms with Gasteiger partial charge in [-0.2, -0.15) is 0 Å². The Hall–Kier alpha value is -1.31. The number of carboxylic acids is 1. The van der Waals surface area contributed by atoms with Gasteiger partial charge in [-0.05, 0) is 31.4 Å². The Labute approximate surface area is 128 Å².